The van der Waals surface area contributed by atoms with Crippen molar-refractivity contribution >= 4 is 40.3 Å². The second-order valence-electron chi connectivity index (χ2n) is 10.1. The second-order valence-corrected chi connectivity index (χ2v) is 11.2. The summed E-state index contributed by atoms with van der Waals surface area (Å²) in [6.45, 7) is 8.50. The van der Waals surface area contributed by atoms with Gasteiger partial charge in [-0.05, 0) is 67.3 Å². The highest BCUT2D eigenvalue weighted by atomic mass is 127. The van der Waals surface area contributed by atoms with Crippen LogP contribution < -0.4 is 10.2 Å². The summed E-state index contributed by atoms with van der Waals surface area (Å²) >= 11 is 2.35. The molecule has 0 radical (unpaired) electrons. The van der Waals surface area contributed by atoms with Crippen molar-refractivity contribution in [3.63, 3.8) is 0 Å². The van der Waals surface area contributed by atoms with Gasteiger partial charge in [0.05, 0.1) is 3.57 Å². The van der Waals surface area contributed by atoms with Crippen LogP contribution in [-0.2, 0) is 17.8 Å². The lowest BCUT2D eigenvalue weighted by molar-refractivity contribution is 0.0210. The third kappa shape index (κ3) is 7.32. The first-order chi connectivity index (χ1) is 17.3. The molecule has 36 heavy (non-hydrogen) atoms. The van der Waals surface area contributed by atoms with E-state index in [4.69, 9.17) is 9.72 Å². The molecule has 190 valence electrons. The van der Waals surface area contributed by atoms with Gasteiger partial charge in [0.25, 0.3) is 0 Å². The van der Waals surface area contributed by atoms with Gasteiger partial charge in [-0.2, -0.15) is 0 Å². The van der Waals surface area contributed by atoms with Gasteiger partial charge in [-0.15, -0.1) is 0 Å². The zero-order chi connectivity index (χ0) is 25.5. The smallest absolute Gasteiger partial charge is 0.410 e. The number of likely N-dealkylation sites (tertiary alicyclic amines) is 1. The van der Waals surface area contributed by atoms with E-state index in [1.807, 2.05) is 32.9 Å². The van der Waals surface area contributed by atoms with Crippen molar-refractivity contribution in [2.45, 2.75) is 58.3 Å². The summed E-state index contributed by atoms with van der Waals surface area (Å²) in [5, 5.41) is 3.62. The number of hydrogen-bond acceptors (Lipinski definition) is 6. The van der Waals surface area contributed by atoms with Crippen LogP contribution in [0.25, 0.3) is 0 Å². The number of nitrogens with one attached hydrogen (secondary N) is 1. The Morgan fingerprint density at radius 1 is 1.00 bits per heavy atom. The molecular weight excluding hydrogens is 565 g/mol. The number of amides is 1. The molecule has 4 rings (SSSR count). The Labute approximate surface area is 227 Å². The number of rotatable bonds is 7. The van der Waals surface area contributed by atoms with E-state index in [0.29, 0.717) is 13.1 Å². The van der Waals surface area contributed by atoms with E-state index < -0.39 is 5.60 Å². The van der Waals surface area contributed by atoms with E-state index in [1.165, 1.54) is 11.1 Å². The van der Waals surface area contributed by atoms with Gasteiger partial charge in [-0.3, -0.25) is 0 Å². The lowest BCUT2D eigenvalue weighted by Crippen LogP contribution is -2.44. The molecule has 1 N–H and O–H groups in total. The first kappa shape index (κ1) is 26.2. The molecule has 0 atom stereocenters. The van der Waals surface area contributed by atoms with Gasteiger partial charge in [0.1, 0.15) is 23.6 Å². The predicted octanol–water partition coefficient (Wildman–Crippen LogP) is 6.10. The fourth-order valence-corrected chi connectivity index (χ4v) is 5.00. The standard InChI is InChI=1S/C28H34IN5O2/c1-28(2,3)36-27(35)33-16-14-23(15-17-33)32-25-24(29)26(31-20-30-25)34(18-21-10-6-4-7-11-21)19-22-12-8-5-9-13-22/h4-13,20,23H,14-19H2,1-3H3,(H,30,31,32). The summed E-state index contributed by atoms with van der Waals surface area (Å²) in [4.78, 5) is 25.8. The average molecular weight is 600 g/mol. The van der Waals surface area contributed by atoms with E-state index in [1.54, 1.807) is 11.2 Å². The van der Waals surface area contributed by atoms with E-state index >= 15 is 0 Å². The van der Waals surface area contributed by atoms with E-state index in [9.17, 15) is 4.79 Å². The van der Waals surface area contributed by atoms with Crippen molar-refractivity contribution in [3.05, 3.63) is 81.7 Å². The van der Waals surface area contributed by atoms with Crippen LogP contribution in [0.4, 0.5) is 16.4 Å². The minimum atomic E-state index is -0.481. The Morgan fingerprint density at radius 3 is 2.08 bits per heavy atom. The molecule has 1 aromatic heterocycles. The van der Waals surface area contributed by atoms with Gasteiger partial charge >= 0.3 is 6.09 Å². The van der Waals surface area contributed by atoms with E-state index in [-0.39, 0.29) is 12.1 Å². The van der Waals surface area contributed by atoms with Gasteiger partial charge in [0.2, 0.25) is 0 Å². The quantitative estimate of drug-likeness (QED) is 0.331. The zero-order valence-electron chi connectivity index (χ0n) is 21.2. The van der Waals surface area contributed by atoms with Gasteiger partial charge in [-0.1, -0.05) is 60.7 Å². The van der Waals surface area contributed by atoms with Gasteiger partial charge in [0, 0.05) is 32.2 Å². The summed E-state index contributed by atoms with van der Waals surface area (Å²) in [6, 6.07) is 21.1. The Balaban J connectivity index is 1.47. The number of halogens is 1. The fraction of sp³-hybridized carbons (Fsp3) is 0.393. The molecule has 0 bridgehead atoms. The number of anilines is 2. The highest BCUT2D eigenvalue weighted by molar-refractivity contribution is 14.1. The number of carbonyl (C=O) groups excluding carboxylic acids is 1. The van der Waals surface area contributed by atoms with Crippen molar-refractivity contribution in [3.8, 4) is 0 Å². The Morgan fingerprint density at radius 2 is 1.56 bits per heavy atom. The highest BCUT2D eigenvalue weighted by Gasteiger charge is 2.27. The molecule has 0 unspecified atom stereocenters. The molecule has 1 saturated heterocycles. The largest absolute Gasteiger partial charge is 0.444 e. The molecule has 0 spiro atoms. The topological polar surface area (TPSA) is 70.6 Å². The Hall–Kier alpha value is -2.88. The van der Waals surface area contributed by atoms with Crippen LogP contribution in [0.3, 0.4) is 0 Å². The van der Waals surface area contributed by atoms with Gasteiger partial charge in [-0.25, -0.2) is 14.8 Å². The normalized spacial score (nSPS) is 14.4. The molecule has 7 nitrogen and oxygen atoms in total. The van der Waals surface area contributed by atoms with Crippen LogP contribution in [0, 0.1) is 3.57 Å². The van der Waals surface area contributed by atoms with Crippen LogP contribution in [0.5, 0.6) is 0 Å². The summed E-state index contributed by atoms with van der Waals surface area (Å²) in [6.07, 6.45) is 3.08. The first-order valence-corrected chi connectivity index (χ1v) is 13.4. The average Bonchev–Trinajstić information content (AvgIpc) is 2.86. The molecular formula is C28H34IN5O2. The zero-order valence-corrected chi connectivity index (χ0v) is 23.3. The molecule has 2 heterocycles. The second kappa shape index (κ2) is 11.9. The third-order valence-corrected chi connectivity index (χ3v) is 6.98. The van der Waals surface area contributed by atoms with E-state index in [0.717, 1.165) is 41.1 Å². The minimum absolute atomic E-state index is 0.233. The van der Waals surface area contributed by atoms with Crippen LogP contribution in [-0.4, -0.2) is 45.7 Å². The van der Waals surface area contributed by atoms with Crippen molar-refractivity contribution in [2.75, 3.05) is 23.3 Å². The number of ether oxygens (including phenoxy) is 1. The van der Waals surface area contributed by atoms with Crippen molar-refractivity contribution < 1.29 is 9.53 Å². The fourth-order valence-electron chi connectivity index (χ4n) is 4.22. The molecule has 2 aromatic carbocycles. The molecule has 3 aromatic rings. The molecule has 1 aliphatic rings. The lowest BCUT2D eigenvalue weighted by atomic mass is 10.1. The van der Waals surface area contributed by atoms with Crippen LogP contribution in [0.15, 0.2) is 67.0 Å². The predicted molar refractivity (Wildman–Crippen MR) is 152 cm³/mol. The number of nitrogens with zero attached hydrogens (tertiary/aromatic N) is 4. The van der Waals surface area contributed by atoms with Crippen molar-refractivity contribution in [1.82, 2.24) is 14.9 Å². The van der Waals surface area contributed by atoms with Crippen LogP contribution >= 0.6 is 22.6 Å². The number of hydrogen-bond donors (Lipinski definition) is 1. The number of benzene rings is 2. The maximum atomic E-state index is 12.4. The van der Waals surface area contributed by atoms with Crippen molar-refractivity contribution in [2.24, 2.45) is 0 Å². The first-order valence-electron chi connectivity index (χ1n) is 12.4. The minimum Gasteiger partial charge on any atom is -0.444 e. The number of aromatic nitrogens is 2. The Kier molecular flexibility index (Phi) is 8.66. The summed E-state index contributed by atoms with van der Waals surface area (Å²) < 4.78 is 6.53. The van der Waals surface area contributed by atoms with Crippen LogP contribution in [0.1, 0.15) is 44.7 Å². The molecule has 8 heteroatoms. The third-order valence-electron chi connectivity index (χ3n) is 5.99. The molecule has 0 saturated carbocycles. The monoisotopic (exact) mass is 599 g/mol. The Bertz CT molecular complexity index is 1090. The molecule has 1 aliphatic heterocycles. The number of piperidine rings is 1. The van der Waals surface area contributed by atoms with E-state index in [2.05, 4.69) is 86.3 Å². The summed E-state index contributed by atoms with van der Waals surface area (Å²) in [5.74, 6) is 1.74. The van der Waals surface area contributed by atoms with Gasteiger partial charge in [0.15, 0.2) is 0 Å². The summed E-state index contributed by atoms with van der Waals surface area (Å²) in [5.41, 5.74) is 1.98. The maximum Gasteiger partial charge on any atom is 0.410 e. The van der Waals surface area contributed by atoms with Gasteiger partial charge < -0.3 is 19.9 Å². The highest BCUT2D eigenvalue weighted by Crippen LogP contribution is 2.29. The molecule has 1 fully saturated rings. The lowest BCUT2D eigenvalue weighted by Gasteiger charge is -2.34. The maximum absolute atomic E-state index is 12.4. The van der Waals surface area contributed by atoms with Crippen molar-refractivity contribution in [1.29, 1.82) is 0 Å². The summed E-state index contributed by atoms with van der Waals surface area (Å²) in [7, 11) is 0. The SMILES string of the molecule is CC(C)(C)OC(=O)N1CCC(Nc2ncnc(N(Cc3ccccc3)Cc3ccccc3)c2I)CC1. The molecule has 1 amide bonds. The molecule has 0 aliphatic carbocycles. The van der Waals surface area contributed by atoms with Crippen LogP contribution in [0.2, 0.25) is 0 Å². The number of carbonyl (C=O) groups is 1.